The normalized spacial score (nSPS) is 12.4. The fourth-order valence-corrected chi connectivity index (χ4v) is 3.01. The first kappa shape index (κ1) is 18.4. The second kappa shape index (κ2) is 7.59. The Morgan fingerprint density at radius 1 is 1.24 bits per heavy atom. The van der Waals surface area contributed by atoms with E-state index in [1.165, 1.54) is 12.3 Å². The van der Waals surface area contributed by atoms with Crippen molar-refractivity contribution in [3.63, 3.8) is 0 Å². The third-order valence-electron chi connectivity index (χ3n) is 4.47. The maximum Gasteiger partial charge on any atom is 0.352 e. The molecule has 0 aliphatic carbocycles. The molecular weight excluding hydrogens is 377 g/mol. The van der Waals surface area contributed by atoms with Gasteiger partial charge >= 0.3 is 5.69 Å². The average Bonchev–Trinajstić information content (AvgIpc) is 3.08. The zero-order chi connectivity index (χ0) is 20.4. The van der Waals surface area contributed by atoms with E-state index in [9.17, 15) is 14.4 Å². The number of nitriles is 1. The zero-order valence-electron chi connectivity index (χ0n) is 15.5. The molecule has 8 nitrogen and oxygen atoms in total. The molecule has 0 saturated carbocycles. The highest BCUT2D eigenvalue weighted by atomic mass is 19.1. The molecule has 3 aromatic rings. The van der Waals surface area contributed by atoms with E-state index in [1.54, 1.807) is 28.8 Å². The number of hydrogen-bond donors (Lipinski definition) is 0. The summed E-state index contributed by atoms with van der Waals surface area (Å²) in [6.45, 7) is 1.47. The number of pyridine rings is 1. The monoisotopic (exact) mass is 393 g/mol. The Balaban J connectivity index is 1.50. The second-order valence-corrected chi connectivity index (χ2v) is 6.48. The number of rotatable bonds is 5. The lowest BCUT2D eigenvalue weighted by atomic mass is 10.1. The number of anilines is 1. The Morgan fingerprint density at radius 3 is 2.90 bits per heavy atom. The third kappa shape index (κ3) is 3.87. The van der Waals surface area contributed by atoms with Gasteiger partial charge in [-0.15, -0.1) is 0 Å². The molecule has 4 rings (SSSR count). The molecule has 0 unspecified atom stereocenters. The second-order valence-electron chi connectivity index (χ2n) is 6.48. The van der Waals surface area contributed by atoms with Crippen LogP contribution in [0.5, 0.6) is 17.4 Å². The van der Waals surface area contributed by atoms with E-state index in [-0.39, 0.29) is 35.2 Å². The molecule has 1 aliphatic rings. The van der Waals surface area contributed by atoms with Crippen LogP contribution in [0.3, 0.4) is 0 Å². The van der Waals surface area contributed by atoms with E-state index >= 15 is 0 Å². The maximum atomic E-state index is 13.3. The average molecular weight is 393 g/mol. The lowest BCUT2D eigenvalue weighted by molar-refractivity contribution is 0.291. The molecule has 1 aromatic carbocycles. The highest BCUT2D eigenvalue weighted by Gasteiger charge is 2.19. The Kier molecular flexibility index (Phi) is 4.83. The Bertz CT molecular complexity index is 1170. The lowest BCUT2D eigenvalue weighted by Gasteiger charge is -2.13. The summed E-state index contributed by atoms with van der Waals surface area (Å²) < 4.78 is 26.1. The standard InChI is InChI=1S/C20H16FN5O3/c1-25-4-5-26-19(25)8-18(24-20(26)27)28-12-13-2-3-17(14(6-13)9-22)29-16-7-15(21)10-23-11-16/h2-3,6-8,10-11H,4-5,12H2,1H3. The summed E-state index contributed by atoms with van der Waals surface area (Å²) in [6.07, 6.45) is 2.42. The van der Waals surface area contributed by atoms with Crippen LogP contribution in [0.1, 0.15) is 11.1 Å². The molecule has 0 bridgehead atoms. The largest absolute Gasteiger partial charge is 0.473 e. The van der Waals surface area contributed by atoms with Crippen molar-refractivity contribution in [1.82, 2.24) is 14.5 Å². The Morgan fingerprint density at radius 2 is 2.10 bits per heavy atom. The van der Waals surface area contributed by atoms with E-state index in [0.29, 0.717) is 12.1 Å². The number of benzene rings is 1. The van der Waals surface area contributed by atoms with E-state index in [0.717, 1.165) is 18.6 Å². The minimum atomic E-state index is -0.533. The molecule has 3 heterocycles. The smallest absolute Gasteiger partial charge is 0.352 e. The molecule has 0 saturated heterocycles. The summed E-state index contributed by atoms with van der Waals surface area (Å²) in [5.74, 6) is 0.913. The summed E-state index contributed by atoms with van der Waals surface area (Å²) in [7, 11) is 1.90. The summed E-state index contributed by atoms with van der Waals surface area (Å²) in [5.41, 5.74) is 0.603. The quantitative estimate of drug-likeness (QED) is 0.657. The van der Waals surface area contributed by atoms with Crippen LogP contribution in [0.25, 0.3) is 0 Å². The Hall–Kier alpha value is -3.93. The molecule has 0 spiro atoms. The fourth-order valence-electron chi connectivity index (χ4n) is 3.01. The van der Waals surface area contributed by atoms with Crippen LogP contribution in [0, 0.1) is 17.1 Å². The van der Waals surface area contributed by atoms with Crippen LogP contribution in [-0.4, -0.2) is 28.1 Å². The van der Waals surface area contributed by atoms with Gasteiger partial charge in [0.1, 0.15) is 35.8 Å². The van der Waals surface area contributed by atoms with Gasteiger partial charge in [-0.2, -0.15) is 10.2 Å². The first-order chi connectivity index (χ1) is 14.0. The van der Waals surface area contributed by atoms with Crippen LogP contribution < -0.4 is 20.1 Å². The predicted octanol–water partition coefficient (Wildman–Crippen LogP) is 2.47. The number of fused-ring (bicyclic) bond motifs is 1. The topological polar surface area (TPSA) is 93.3 Å². The minimum Gasteiger partial charge on any atom is -0.473 e. The summed E-state index contributed by atoms with van der Waals surface area (Å²) in [4.78, 5) is 21.7. The van der Waals surface area contributed by atoms with Gasteiger partial charge in [0.15, 0.2) is 0 Å². The number of aromatic nitrogens is 3. The van der Waals surface area contributed by atoms with Crippen molar-refractivity contribution in [3.8, 4) is 23.4 Å². The number of hydrogen-bond acceptors (Lipinski definition) is 7. The third-order valence-corrected chi connectivity index (χ3v) is 4.47. The number of ether oxygens (including phenoxy) is 2. The summed E-state index contributed by atoms with van der Waals surface area (Å²) >= 11 is 0. The molecule has 0 fully saturated rings. The van der Waals surface area contributed by atoms with Crippen molar-refractivity contribution in [3.05, 3.63) is 70.2 Å². The predicted molar refractivity (Wildman–Crippen MR) is 102 cm³/mol. The molecule has 29 heavy (non-hydrogen) atoms. The van der Waals surface area contributed by atoms with Gasteiger partial charge in [-0.1, -0.05) is 6.07 Å². The maximum absolute atomic E-state index is 13.3. The van der Waals surface area contributed by atoms with E-state index in [4.69, 9.17) is 9.47 Å². The molecule has 2 aromatic heterocycles. The van der Waals surface area contributed by atoms with Gasteiger partial charge in [0.25, 0.3) is 0 Å². The van der Waals surface area contributed by atoms with Crippen molar-refractivity contribution in [2.45, 2.75) is 13.2 Å². The van der Waals surface area contributed by atoms with Gasteiger partial charge in [-0.05, 0) is 17.7 Å². The highest BCUT2D eigenvalue weighted by molar-refractivity contribution is 5.47. The highest BCUT2D eigenvalue weighted by Crippen LogP contribution is 2.27. The number of halogens is 1. The molecule has 1 aliphatic heterocycles. The zero-order valence-corrected chi connectivity index (χ0v) is 15.5. The minimum absolute atomic E-state index is 0.121. The molecular formula is C20H16FN5O3. The van der Waals surface area contributed by atoms with E-state index < -0.39 is 5.82 Å². The number of nitrogens with zero attached hydrogens (tertiary/aromatic N) is 5. The molecule has 9 heteroatoms. The fraction of sp³-hybridized carbons (Fsp3) is 0.200. The summed E-state index contributed by atoms with van der Waals surface area (Å²) in [5, 5.41) is 9.41. The Labute approximate surface area is 165 Å². The number of likely N-dealkylation sites (N-methyl/N-ethyl adjacent to an activating group) is 1. The van der Waals surface area contributed by atoms with Gasteiger partial charge in [-0.3, -0.25) is 9.55 Å². The van der Waals surface area contributed by atoms with Crippen molar-refractivity contribution >= 4 is 5.82 Å². The molecule has 146 valence electrons. The lowest BCUT2D eigenvalue weighted by Crippen LogP contribution is -2.22. The van der Waals surface area contributed by atoms with Crippen molar-refractivity contribution in [1.29, 1.82) is 5.26 Å². The van der Waals surface area contributed by atoms with Gasteiger partial charge in [-0.25, -0.2) is 9.18 Å². The van der Waals surface area contributed by atoms with Crippen LogP contribution in [0.15, 0.2) is 47.5 Å². The van der Waals surface area contributed by atoms with Crippen molar-refractivity contribution in [2.75, 3.05) is 18.5 Å². The van der Waals surface area contributed by atoms with Crippen molar-refractivity contribution < 1.29 is 13.9 Å². The van der Waals surface area contributed by atoms with Gasteiger partial charge < -0.3 is 14.4 Å². The van der Waals surface area contributed by atoms with Crippen LogP contribution in [0.4, 0.5) is 10.2 Å². The van der Waals surface area contributed by atoms with E-state index in [1.807, 2.05) is 18.0 Å². The van der Waals surface area contributed by atoms with Crippen LogP contribution in [0.2, 0.25) is 0 Å². The first-order valence-electron chi connectivity index (χ1n) is 8.81. The SMILES string of the molecule is CN1CCn2c1cc(OCc1ccc(Oc3cncc(F)c3)c(C#N)c1)nc2=O. The molecule has 0 atom stereocenters. The first-order valence-corrected chi connectivity index (χ1v) is 8.81. The van der Waals surface area contributed by atoms with Crippen LogP contribution in [-0.2, 0) is 13.2 Å². The molecule has 0 amide bonds. The van der Waals surface area contributed by atoms with Gasteiger partial charge in [0, 0.05) is 32.3 Å². The molecule has 0 radical (unpaired) electrons. The molecule has 0 N–H and O–H groups in total. The summed E-state index contributed by atoms with van der Waals surface area (Å²) in [6, 6.07) is 9.87. The van der Waals surface area contributed by atoms with E-state index in [2.05, 4.69) is 9.97 Å². The van der Waals surface area contributed by atoms with Crippen LogP contribution >= 0.6 is 0 Å². The van der Waals surface area contributed by atoms with Crippen molar-refractivity contribution in [2.24, 2.45) is 0 Å². The van der Waals surface area contributed by atoms with Gasteiger partial charge in [0.2, 0.25) is 5.88 Å². The van der Waals surface area contributed by atoms with Gasteiger partial charge in [0.05, 0.1) is 18.0 Å².